The van der Waals surface area contributed by atoms with Gasteiger partial charge in [-0.05, 0) is 49.2 Å². The molecule has 0 atom stereocenters. The minimum absolute atomic E-state index is 0.145. The normalized spacial score (nSPS) is 10.4. The van der Waals surface area contributed by atoms with Crippen molar-refractivity contribution in [2.24, 2.45) is 0 Å². The highest BCUT2D eigenvalue weighted by atomic mass is 16.5. The van der Waals surface area contributed by atoms with Gasteiger partial charge in [0.25, 0.3) is 11.5 Å². The number of hydrogen-bond donors (Lipinski definition) is 2. The third kappa shape index (κ3) is 6.04. The van der Waals surface area contributed by atoms with E-state index in [1.807, 2.05) is 19.1 Å². The molecule has 8 nitrogen and oxygen atoms in total. The van der Waals surface area contributed by atoms with Gasteiger partial charge in [-0.2, -0.15) is 5.10 Å². The van der Waals surface area contributed by atoms with E-state index in [9.17, 15) is 14.4 Å². The molecule has 8 heteroatoms. The SMILES string of the molecule is CCCNC(=O)c1cccc(-c2ccc(=O)n(Cc3cccc(NC(=O)OCC)c3)n2)c1. The quantitative estimate of drug-likeness (QED) is 0.563. The number of rotatable bonds is 8. The van der Waals surface area contributed by atoms with Gasteiger partial charge in [0.2, 0.25) is 0 Å². The number of hydrogen-bond acceptors (Lipinski definition) is 5. The monoisotopic (exact) mass is 434 g/mol. The van der Waals surface area contributed by atoms with Crippen LogP contribution >= 0.6 is 0 Å². The molecule has 0 radical (unpaired) electrons. The Morgan fingerprint density at radius 1 is 1.03 bits per heavy atom. The molecular weight excluding hydrogens is 408 g/mol. The predicted octanol–water partition coefficient (Wildman–Crippen LogP) is 3.67. The zero-order valence-corrected chi connectivity index (χ0v) is 18.1. The van der Waals surface area contributed by atoms with Crippen LogP contribution in [-0.2, 0) is 11.3 Å². The molecule has 0 unspecified atom stereocenters. The van der Waals surface area contributed by atoms with Crippen LogP contribution in [0.4, 0.5) is 10.5 Å². The maximum atomic E-state index is 12.4. The first kappa shape index (κ1) is 22.7. The van der Waals surface area contributed by atoms with E-state index in [2.05, 4.69) is 15.7 Å². The van der Waals surface area contributed by atoms with Gasteiger partial charge in [-0.15, -0.1) is 0 Å². The van der Waals surface area contributed by atoms with Gasteiger partial charge in [-0.25, -0.2) is 9.48 Å². The number of ether oxygens (including phenoxy) is 1. The predicted molar refractivity (Wildman–Crippen MR) is 123 cm³/mol. The Bertz CT molecular complexity index is 1160. The summed E-state index contributed by atoms with van der Waals surface area (Å²) in [6.45, 7) is 4.83. The fourth-order valence-electron chi connectivity index (χ4n) is 3.08. The Balaban J connectivity index is 1.82. The molecule has 32 heavy (non-hydrogen) atoms. The van der Waals surface area contributed by atoms with Crippen LogP contribution in [0.2, 0.25) is 0 Å². The minimum Gasteiger partial charge on any atom is -0.450 e. The highest BCUT2D eigenvalue weighted by molar-refractivity contribution is 5.95. The molecule has 0 aliphatic carbocycles. The molecule has 0 aliphatic heterocycles. The standard InChI is InChI=1S/C24H26N4O4/c1-3-13-25-23(30)19-9-6-8-18(15-19)21-11-12-22(29)28(27-21)16-17-7-5-10-20(14-17)26-24(31)32-4-2/h5-12,14-15H,3-4,13,16H2,1-2H3,(H,25,30)(H,26,31). The molecule has 0 saturated heterocycles. The van der Waals surface area contributed by atoms with Gasteiger partial charge in [0.15, 0.2) is 0 Å². The van der Waals surface area contributed by atoms with Gasteiger partial charge in [0.1, 0.15) is 0 Å². The fourth-order valence-corrected chi connectivity index (χ4v) is 3.08. The van der Waals surface area contributed by atoms with E-state index in [0.29, 0.717) is 23.5 Å². The first-order chi connectivity index (χ1) is 15.5. The third-order valence-corrected chi connectivity index (χ3v) is 4.60. The van der Waals surface area contributed by atoms with Gasteiger partial charge in [-0.1, -0.05) is 31.2 Å². The maximum Gasteiger partial charge on any atom is 0.411 e. The zero-order valence-electron chi connectivity index (χ0n) is 18.1. The van der Waals surface area contributed by atoms with Crippen molar-refractivity contribution in [3.05, 3.63) is 82.1 Å². The molecule has 1 heterocycles. The van der Waals surface area contributed by atoms with Crippen molar-refractivity contribution in [1.29, 1.82) is 0 Å². The number of aromatic nitrogens is 2. The summed E-state index contributed by atoms with van der Waals surface area (Å²) in [5.74, 6) is -0.145. The second-order valence-electron chi connectivity index (χ2n) is 7.10. The van der Waals surface area contributed by atoms with Crippen LogP contribution in [0.1, 0.15) is 36.2 Å². The van der Waals surface area contributed by atoms with E-state index in [1.165, 1.54) is 10.7 Å². The second-order valence-corrected chi connectivity index (χ2v) is 7.10. The van der Waals surface area contributed by atoms with E-state index < -0.39 is 6.09 Å². The van der Waals surface area contributed by atoms with Crippen LogP contribution in [0.5, 0.6) is 0 Å². The van der Waals surface area contributed by atoms with Crippen LogP contribution in [0.3, 0.4) is 0 Å². The molecular formula is C24H26N4O4. The summed E-state index contributed by atoms with van der Waals surface area (Å²) in [5, 5.41) is 9.98. The summed E-state index contributed by atoms with van der Waals surface area (Å²) in [6, 6.07) is 17.3. The summed E-state index contributed by atoms with van der Waals surface area (Å²) in [5.41, 5.74) is 2.95. The molecule has 0 saturated carbocycles. The van der Waals surface area contributed by atoms with Crippen LogP contribution in [0.15, 0.2) is 65.5 Å². The number of benzene rings is 2. The first-order valence-electron chi connectivity index (χ1n) is 10.5. The van der Waals surface area contributed by atoms with Gasteiger partial charge in [0, 0.05) is 29.4 Å². The van der Waals surface area contributed by atoms with Crippen LogP contribution in [0.25, 0.3) is 11.3 Å². The topological polar surface area (TPSA) is 102 Å². The lowest BCUT2D eigenvalue weighted by molar-refractivity contribution is 0.0953. The molecule has 2 aromatic carbocycles. The van der Waals surface area contributed by atoms with Crippen molar-refractivity contribution in [3.8, 4) is 11.3 Å². The molecule has 1 aromatic heterocycles. The number of nitrogens with zero attached hydrogens (tertiary/aromatic N) is 2. The Kier molecular flexibility index (Phi) is 7.75. The van der Waals surface area contributed by atoms with Crippen molar-refractivity contribution in [2.75, 3.05) is 18.5 Å². The summed E-state index contributed by atoms with van der Waals surface area (Å²) in [4.78, 5) is 36.3. The van der Waals surface area contributed by atoms with Crippen LogP contribution < -0.4 is 16.2 Å². The van der Waals surface area contributed by atoms with E-state index in [1.54, 1.807) is 49.4 Å². The third-order valence-electron chi connectivity index (χ3n) is 4.60. The molecule has 0 aliphatic rings. The van der Waals surface area contributed by atoms with Crippen molar-refractivity contribution in [1.82, 2.24) is 15.1 Å². The van der Waals surface area contributed by atoms with Crippen LogP contribution in [-0.4, -0.2) is 34.9 Å². The smallest absolute Gasteiger partial charge is 0.411 e. The molecule has 0 spiro atoms. The number of carbonyl (C=O) groups is 2. The van der Waals surface area contributed by atoms with Gasteiger partial charge >= 0.3 is 6.09 Å². The van der Waals surface area contributed by atoms with Crippen molar-refractivity contribution < 1.29 is 14.3 Å². The van der Waals surface area contributed by atoms with E-state index in [0.717, 1.165) is 17.5 Å². The molecule has 2 N–H and O–H groups in total. The minimum atomic E-state index is -0.537. The van der Waals surface area contributed by atoms with Gasteiger partial charge < -0.3 is 10.1 Å². The van der Waals surface area contributed by atoms with Crippen molar-refractivity contribution >= 4 is 17.7 Å². The Labute approximate surface area is 186 Å². The molecule has 3 aromatic rings. The molecule has 166 valence electrons. The molecule has 0 fully saturated rings. The Morgan fingerprint density at radius 2 is 1.84 bits per heavy atom. The van der Waals surface area contributed by atoms with E-state index in [-0.39, 0.29) is 24.6 Å². The first-order valence-corrected chi connectivity index (χ1v) is 10.5. The van der Waals surface area contributed by atoms with Gasteiger partial charge in [-0.3, -0.25) is 14.9 Å². The van der Waals surface area contributed by atoms with Crippen molar-refractivity contribution in [3.63, 3.8) is 0 Å². The van der Waals surface area contributed by atoms with Crippen molar-refractivity contribution in [2.45, 2.75) is 26.8 Å². The van der Waals surface area contributed by atoms with E-state index >= 15 is 0 Å². The summed E-state index contributed by atoms with van der Waals surface area (Å²) in [6.07, 6.45) is 0.318. The summed E-state index contributed by atoms with van der Waals surface area (Å²) in [7, 11) is 0. The molecule has 3 rings (SSSR count). The number of amides is 2. The highest BCUT2D eigenvalue weighted by Gasteiger charge is 2.10. The fraction of sp³-hybridized carbons (Fsp3) is 0.250. The number of carbonyl (C=O) groups excluding carboxylic acids is 2. The zero-order chi connectivity index (χ0) is 22.9. The number of nitrogens with one attached hydrogen (secondary N) is 2. The van der Waals surface area contributed by atoms with E-state index in [4.69, 9.17) is 4.74 Å². The lowest BCUT2D eigenvalue weighted by Crippen LogP contribution is -2.24. The lowest BCUT2D eigenvalue weighted by atomic mass is 10.1. The van der Waals surface area contributed by atoms with Crippen LogP contribution in [0, 0.1) is 0 Å². The summed E-state index contributed by atoms with van der Waals surface area (Å²) >= 11 is 0. The lowest BCUT2D eigenvalue weighted by Gasteiger charge is -2.10. The molecule has 2 amide bonds. The average Bonchev–Trinajstić information content (AvgIpc) is 2.79. The number of anilines is 1. The van der Waals surface area contributed by atoms with Gasteiger partial charge in [0.05, 0.1) is 18.8 Å². The largest absolute Gasteiger partial charge is 0.450 e. The average molecular weight is 434 g/mol. The summed E-state index contributed by atoms with van der Waals surface area (Å²) < 4.78 is 6.24. The highest BCUT2D eigenvalue weighted by Crippen LogP contribution is 2.18. The molecule has 0 bridgehead atoms. The maximum absolute atomic E-state index is 12.4. The Morgan fingerprint density at radius 3 is 2.62 bits per heavy atom. The Hall–Kier alpha value is -3.94. The second kappa shape index (κ2) is 10.9.